The van der Waals surface area contributed by atoms with E-state index < -0.39 is 0 Å². The molecule has 2 heterocycles. The number of hydrogen-bond donors (Lipinski definition) is 2. The molecule has 6 heteroatoms. The Kier molecular flexibility index (Phi) is 6.65. The molecule has 2 aromatic heterocycles. The minimum atomic E-state index is 0.370. The van der Waals surface area contributed by atoms with Gasteiger partial charge in [0.1, 0.15) is 6.54 Å². The monoisotopic (exact) mass is 334 g/mol. The van der Waals surface area contributed by atoms with Gasteiger partial charge < -0.3 is 15.2 Å². The summed E-state index contributed by atoms with van der Waals surface area (Å²) in [5.41, 5.74) is 2.33. The highest BCUT2D eigenvalue weighted by Crippen LogP contribution is 2.17. The summed E-state index contributed by atoms with van der Waals surface area (Å²) in [5.74, 6) is 2.41. The number of nitrogens with one attached hydrogen (secondary N) is 2. The van der Waals surface area contributed by atoms with Crippen molar-refractivity contribution >= 4 is 17.3 Å². The number of aliphatic imine (C=N–C) groups is 1. The summed E-state index contributed by atoms with van der Waals surface area (Å²) in [6, 6.07) is 4.15. The number of rotatable bonds is 7. The highest BCUT2D eigenvalue weighted by atomic mass is 32.1. The fourth-order valence-electron chi connectivity index (χ4n) is 2.10. The third-order valence-electron chi connectivity index (χ3n) is 3.59. The van der Waals surface area contributed by atoms with Crippen molar-refractivity contribution < 1.29 is 4.52 Å². The van der Waals surface area contributed by atoms with Gasteiger partial charge in [-0.3, -0.25) is 0 Å². The summed E-state index contributed by atoms with van der Waals surface area (Å²) in [6.07, 6.45) is 0. The zero-order valence-electron chi connectivity index (χ0n) is 14.3. The molecule has 0 aliphatic rings. The Morgan fingerprint density at radius 1 is 1.35 bits per heavy atom. The van der Waals surface area contributed by atoms with Gasteiger partial charge in [0.2, 0.25) is 0 Å². The number of nitrogens with zero attached hydrogens (tertiary/aromatic N) is 2. The normalized spacial score (nSPS) is 13.3. The lowest BCUT2D eigenvalue weighted by Gasteiger charge is -2.15. The Labute approximate surface area is 142 Å². The zero-order chi connectivity index (χ0) is 16.7. The first-order valence-corrected chi connectivity index (χ1v) is 9.04. The van der Waals surface area contributed by atoms with E-state index in [9.17, 15) is 0 Å². The number of guanidine groups is 1. The van der Waals surface area contributed by atoms with Crippen molar-refractivity contribution in [3.8, 4) is 0 Å². The predicted octanol–water partition coefficient (Wildman–Crippen LogP) is 3.72. The van der Waals surface area contributed by atoms with Crippen LogP contribution in [0.5, 0.6) is 0 Å². The Morgan fingerprint density at radius 3 is 2.78 bits per heavy atom. The van der Waals surface area contributed by atoms with Crippen molar-refractivity contribution in [1.29, 1.82) is 0 Å². The molecule has 1 atom stereocenters. The minimum absolute atomic E-state index is 0.370. The molecule has 1 unspecified atom stereocenters. The molecule has 0 saturated heterocycles. The van der Waals surface area contributed by atoms with Crippen molar-refractivity contribution in [3.63, 3.8) is 0 Å². The van der Waals surface area contributed by atoms with Crippen LogP contribution in [0.15, 0.2) is 32.4 Å². The van der Waals surface area contributed by atoms with E-state index >= 15 is 0 Å². The second-order valence-electron chi connectivity index (χ2n) is 5.91. The van der Waals surface area contributed by atoms with Crippen LogP contribution in [0.4, 0.5) is 0 Å². The molecule has 0 amide bonds. The molecule has 5 nitrogen and oxygen atoms in total. The van der Waals surface area contributed by atoms with Crippen LogP contribution in [0.2, 0.25) is 0 Å². The number of aromatic nitrogens is 1. The smallest absolute Gasteiger partial charge is 0.191 e. The Bertz CT molecular complexity index is 604. The molecule has 0 aliphatic carbocycles. The lowest BCUT2D eigenvalue weighted by Crippen LogP contribution is -2.39. The van der Waals surface area contributed by atoms with Crippen LogP contribution in [-0.4, -0.2) is 24.2 Å². The second-order valence-corrected chi connectivity index (χ2v) is 6.69. The molecular weight excluding hydrogens is 308 g/mol. The van der Waals surface area contributed by atoms with Gasteiger partial charge in [-0.15, -0.1) is 0 Å². The van der Waals surface area contributed by atoms with E-state index in [1.54, 1.807) is 11.3 Å². The molecule has 0 spiro atoms. The lowest BCUT2D eigenvalue weighted by molar-refractivity contribution is 0.376. The van der Waals surface area contributed by atoms with E-state index in [1.807, 2.05) is 6.07 Å². The Hall–Kier alpha value is -1.82. The van der Waals surface area contributed by atoms with Gasteiger partial charge in [0.15, 0.2) is 11.7 Å². The van der Waals surface area contributed by atoms with Crippen molar-refractivity contribution in [2.45, 2.75) is 46.1 Å². The Balaban J connectivity index is 1.91. The maximum Gasteiger partial charge on any atom is 0.191 e. The van der Waals surface area contributed by atoms with Crippen LogP contribution in [-0.2, 0) is 6.54 Å². The largest absolute Gasteiger partial charge is 0.359 e. The van der Waals surface area contributed by atoms with Gasteiger partial charge >= 0.3 is 0 Å². The van der Waals surface area contributed by atoms with Gasteiger partial charge in [0.25, 0.3) is 0 Å². The predicted molar refractivity (Wildman–Crippen MR) is 96.1 cm³/mol. The maximum atomic E-state index is 5.33. The van der Waals surface area contributed by atoms with Gasteiger partial charge in [-0.05, 0) is 41.1 Å². The molecule has 0 aliphatic heterocycles. The molecule has 0 fully saturated rings. The van der Waals surface area contributed by atoms with E-state index in [-0.39, 0.29) is 0 Å². The molecule has 0 saturated carbocycles. The lowest BCUT2D eigenvalue weighted by atomic mass is 10.1. The summed E-state index contributed by atoms with van der Waals surface area (Å²) < 4.78 is 5.33. The topological polar surface area (TPSA) is 62.5 Å². The standard InChI is InChI=1S/C17H26N4OS/c1-5-18-17(19-9-13(4)14-6-7-23-11-14)20-10-15-8-16(12(2)3)21-22-15/h6-8,11-13H,5,9-10H2,1-4H3,(H2,18,19,20). The Morgan fingerprint density at radius 2 is 2.17 bits per heavy atom. The molecular formula is C17H26N4OS. The van der Waals surface area contributed by atoms with E-state index in [0.717, 1.165) is 30.5 Å². The van der Waals surface area contributed by atoms with Crippen molar-refractivity contribution in [2.75, 3.05) is 13.1 Å². The first-order chi connectivity index (χ1) is 11.1. The molecule has 0 aromatic carbocycles. The van der Waals surface area contributed by atoms with E-state index in [4.69, 9.17) is 4.52 Å². The molecule has 2 rings (SSSR count). The van der Waals surface area contributed by atoms with Crippen LogP contribution in [0, 0.1) is 0 Å². The molecule has 0 radical (unpaired) electrons. The van der Waals surface area contributed by atoms with Crippen LogP contribution in [0.3, 0.4) is 0 Å². The van der Waals surface area contributed by atoms with E-state index in [0.29, 0.717) is 18.4 Å². The fraction of sp³-hybridized carbons (Fsp3) is 0.529. The maximum absolute atomic E-state index is 5.33. The summed E-state index contributed by atoms with van der Waals surface area (Å²) in [6.45, 7) is 10.6. The average molecular weight is 334 g/mol. The van der Waals surface area contributed by atoms with Crippen LogP contribution >= 0.6 is 11.3 Å². The minimum Gasteiger partial charge on any atom is -0.359 e. The third-order valence-corrected chi connectivity index (χ3v) is 4.30. The highest BCUT2D eigenvalue weighted by molar-refractivity contribution is 7.07. The van der Waals surface area contributed by atoms with Crippen molar-refractivity contribution in [3.05, 3.63) is 39.9 Å². The van der Waals surface area contributed by atoms with Crippen LogP contribution < -0.4 is 10.6 Å². The van der Waals surface area contributed by atoms with Gasteiger partial charge in [0, 0.05) is 19.2 Å². The quantitative estimate of drug-likeness (QED) is 0.598. The van der Waals surface area contributed by atoms with Gasteiger partial charge in [-0.1, -0.05) is 25.9 Å². The summed E-state index contributed by atoms with van der Waals surface area (Å²) in [4.78, 5) is 4.57. The van der Waals surface area contributed by atoms with Crippen molar-refractivity contribution in [2.24, 2.45) is 4.99 Å². The first kappa shape index (κ1) is 17.5. The molecule has 23 heavy (non-hydrogen) atoms. The van der Waals surface area contributed by atoms with Crippen LogP contribution in [0.1, 0.15) is 56.5 Å². The summed E-state index contributed by atoms with van der Waals surface area (Å²) in [7, 11) is 0. The highest BCUT2D eigenvalue weighted by Gasteiger charge is 2.09. The molecule has 2 N–H and O–H groups in total. The second kappa shape index (κ2) is 8.72. The summed E-state index contributed by atoms with van der Waals surface area (Å²) in [5, 5.41) is 15.0. The summed E-state index contributed by atoms with van der Waals surface area (Å²) >= 11 is 1.73. The van der Waals surface area contributed by atoms with Crippen molar-refractivity contribution in [1.82, 2.24) is 15.8 Å². The average Bonchev–Trinajstić information content (AvgIpc) is 3.20. The zero-order valence-corrected chi connectivity index (χ0v) is 15.1. The molecule has 126 valence electrons. The third kappa shape index (κ3) is 5.39. The number of hydrogen-bond acceptors (Lipinski definition) is 4. The van der Waals surface area contributed by atoms with Gasteiger partial charge in [-0.2, -0.15) is 11.3 Å². The van der Waals surface area contributed by atoms with Crippen LogP contribution in [0.25, 0.3) is 0 Å². The number of thiophene rings is 1. The molecule has 2 aromatic rings. The van der Waals surface area contributed by atoms with E-state index in [2.05, 4.69) is 65.3 Å². The van der Waals surface area contributed by atoms with E-state index in [1.165, 1.54) is 5.56 Å². The SMILES string of the molecule is CCNC(=NCc1cc(C(C)C)no1)NCC(C)c1ccsc1. The molecule has 0 bridgehead atoms. The fourth-order valence-corrected chi connectivity index (χ4v) is 2.88. The van der Waals surface area contributed by atoms with Gasteiger partial charge in [-0.25, -0.2) is 4.99 Å². The first-order valence-electron chi connectivity index (χ1n) is 8.09. The van der Waals surface area contributed by atoms with Gasteiger partial charge in [0.05, 0.1) is 5.69 Å².